The van der Waals surface area contributed by atoms with Crippen LogP contribution in [-0.2, 0) is 22.7 Å². The molecule has 0 radical (unpaired) electrons. The predicted molar refractivity (Wildman–Crippen MR) is 105 cm³/mol. The zero-order valence-electron chi connectivity index (χ0n) is 15.5. The summed E-state index contributed by atoms with van der Waals surface area (Å²) < 4.78 is 22.1. The summed E-state index contributed by atoms with van der Waals surface area (Å²) in [6, 6.07) is 24.7. The van der Waals surface area contributed by atoms with Crippen molar-refractivity contribution in [3.8, 4) is 11.5 Å². The van der Waals surface area contributed by atoms with Gasteiger partial charge in [-0.15, -0.1) is 0 Å². The van der Waals surface area contributed by atoms with Crippen molar-refractivity contribution in [3.05, 3.63) is 95.6 Å². The van der Waals surface area contributed by atoms with Gasteiger partial charge in [-0.1, -0.05) is 60.7 Å². The molecule has 5 nitrogen and oxygen atoms in total. The maximum absolute atomic E-state index is 11.3. The molecule has 0 unspecified atom stereocenters. The smallest absolute Gasteiger partial charge is 0.189 e. The molecular weight excluding hydrogens is 356 g/mol. The van der Waals surface area contributed by atoms with Crippen molar-refractivity contribution in [2.75, 3.05) is 13.6 Å². The van der Waals surface area contributed by atoms with Gasteiger partial charge in [-0.05, 0) is 29.3 Å². The molecule has 3 aromatic rings. The minimum absolute atomic E-state index is 0.0517. The Balaban J connectivity index is 1.43. The Labute approximate surface area is 164 Å². The second-order valence-corrected chi connectivity index (χ2v) is 6.01. The van der Waals surface area contributed by atoms with Crippen molar-refractivity contribution in [3.63, 3.8) is 0 Å². The fourth-order valence-corrected chi connectivity index (χ4v) is 2.52. The van der Waals surface area contributed by atoms with Crippen LogP contribution in [0.4, 0.5) is 0 Å². The lowest BCUT2D eigenvalue weighted by Gasteiger charge is -2.12. The third-order valence-electron chi connectivity index (χ3n) is 3.94. The number of hydrogen-bond acceptors (Lipinski definition) is 5. The summed E-state index contributed by atoms with van der Waals surface area (Å²) >= 11 is 0. The Hall–Kier alpha value is -3.15. The fraction of sp³-hybridized carbons (Fsp3) is 0.174. The molecule has 28 heavy (non-hydrogen) atoms. The van der Waals surface area contributed by atoms with Crippen LogP contribution >= 0.6 is 0 Å². The first-order chi connectivity index (χ1) is 13.8. The van der Waals surface area contributed by atoms with Crippen LogP contribution in [0.15, 0.2) is 78.9 Å². The van der Waals surface area contributed by atoms with Gasteiger partial charge < -0.3 is 18.9 Å². The van der Waals surface area contributed by atoms with Crippen LogP contribution in [0.25, 0.3) is 0 Å². The van der Waals surface area contributed by atoms with E-state index in [0.29, 0.717) is 30.3 Å². The van der Waals surface area contributed by atoms with Crippen LogP contribution in [0.1, 0.15) is 21.5 Å². The van der Waals surface area contributed by atoms with Crippen molar-refractivity contribution in [1.29, 1.82) is 0 Å². The molecule has 0 aliphatic rings. The highest BCUT2D eigenvalue weighted by atomic mass is 16.7. The van der Waals surface area contributed by atoms with Gasteiger partial charge in [-0.2, -0.15) is 0 Å². The Morgan fingerprint density at radius 1 is 0.679 bits per heavy atom. The number of ether oxygens (including phenoxy) is 4. The summed E-state index contributed by atoms with van der Waals surface area (Å²) in [5, 5.41) is 0. The van der Waals surface area contributed by atoms with E-state index in [1.54, 1.807) is 18.2 Å². The predicted octanol–water partition coefficient (Wildman–Crippen LogP) is 4.61. The van der Waals surface area contributed by atoms with Gasteiger partial charge in [-0.3, -0.25) is 4.79 Å². The first-order valence-electron chi connectivity index (χ1n) is 8.93. The molecule has 0 saturated heterocycles. The van der Waals surface area contributed by atoms with Gasteiger partial charge in [0.1, 0.15) is 11.5 Å². The molecule has 0 saturated carbocycles. The molecule has 5 heteroatoms. The first-order valence-corrected chi connectivity index (χ1v) is 8.93. The Bertz CT molecular complexity index is 849. The number of hydrogen-bond donors (Lipinski definition) is 0. The molecule has 0 N–H and O–H groups in total. The van der Waals surface area contributed by atoms with Crippen molar-refractivity contribution in [2.45, 2.75) is 13.2 Å². The van der Waals surface area contributed by atoms with E-state index in [1.807, 2.05) is 60.7 Å². The van der Waals surface area contributed by atoms with Gasteiger partial charge in [0.05, 0.1) is 18.8 Å². The lowest BCUT2D eigenvalue weighted by atomic mass is 10.2. The standard InChI is InChI=1S/C23H22O5/c24-14-21-13-22(27-17-25-15-19-7-3-1-4-8-19)11-12-23(21)28-18-26-16-20-9-5-2-6-10-20/h1-14H,15-18H2. The van der Waals surface area contributed by atoms with Crippen LogP contribution in [0, 0.1) is 0 Å². The quantitative estimate of drug-likeness (QED) is 0.277. The summed E-state index contributed by atoms with van der Waals surface area (Å²) in [5.41, 5.74) is 2.52. The Kier molecular flexibility index (Phi) is 7.61. The van der Waals surface area contributed by atoms with Gasteiger partial charge in [0.25, 0.3) is 0 Å². The number of carbonyl (C=O) groups is 1. The monoisotopic (exact) mass is 378 g/mol. The summed E-state index contributed by atoms with van der Waals surface area (Å²) in [6.45, 7) is 1.04. The summed E-state index contributed by atoms with van der Waals surface area (Å²) in [5.74, 6) is 0.980. The third kappa shape index (κ3) is 6.23. The third-order valence-corrected chi connectivity index (χ3v) is 3.94. The Morgan fingerprint density at radius 2 is 1.25 bits per heavy atom. The highest BCUT2D eigenvalue weighted by molar-refractivity contribution is 5.80. The molecular formula is C23H22O5. The van der Waals surface area contributed by atoms with Gasteiger partial charge in [-0.25, -0.2) is 0 Å². The minimum Gasteiger partial charge on any atom is -0.468 e. The lowest BCUT2D eigenvalue weighted by molar-refractivity contribution is 0.00266. The molecule has 0 heterocycles. The van der Waals surface area contributed by atoms with E-state index in [4.69, 9.17) is 18.9 Å². The second kappa shape index (κ2) is 10.9. The van der Waals surface area contributed by atoms with Gasteiger partial charge in [0.15, 0.2) is 19.9 Å². The van der Waals surface area contributed by atoms with E-state index in [2.05, 4.69) is 0 Å². The Morgan fingerprint density at radius 3 is 1.82 bits per heavy atom. The summed E-state index contributed by atoms with van der Waals surface area (Å²) in [7, 11) is 0. The van der Waals surface area contributed by atoms with Crippen LogP contribution in [-0.4, -0.2) is 19.9 Å². The second-order valence-electron chi connectivity index (χ2n) is 6.01. The average molecular weight is 378 g/mol. The summed E-state index contributed by atoms with van der Waals surface area (Å²) in [4.78, 5) is 11.3. The number of rotatable bonds is 11. The molecule has 0 atom stereocenters. The van der Waals surface area contributed by atoms with Crippen LogP contribution in [0.5, 0.6) is 11.5 Å². The molecule has 0 aliphatic carbocycles. The molecule has 3 rings (SSSR count). The normalized spacial score (nSPS) is 10.4. The van der Waals surface area contributed by atoms with E-state index < -0.39 is 0 Å². The zero-order chi connectivity index (χ0) is 19.4. The van der Waals surface area contributed by atoms with Crippen molar-refractivity contribution in [2.24, 2.45) is 0 Å². The van der Waals surface area contributed by atoms with E-state index >= 15 is 0 Å². The number of carbonyl (C=O) groups excluding carboxylic acids is 1. The number of aldehydes is 1. The van der Waals surface area contributed by atoms with E-state index in [9.17, 15) is 4.79 Å². The topological polar surface area (TPSA) is 54.0 Å². The molecule has 0 fully saturated rings. The average Bonchev–Trinajstić information content (AvgIpc) is 2.76. The highest BCUT2D eigenvalue weighted by Crippen LogP contribution is 2.23. The van der Waals surface area contributed by atoms with Crippen molar-refractivity contribution >= 4 is 6.29 Å². The fourth-order valence-electron chi connectivity index (χ4n) is 2.52. The molecule has 0 bridgehead atoms. The molecule has 0 spiro atoms. The van der Waals surface area contributed by atoms with Crippen LogP contribution < -0.4 is 9.47 Å². The SMILES string of the molecule is O=Cc1cc(OCOCc2ccccc2)ccc1OCOCc1ccccc1. The molecule has 0 aliphatic heterocycles. The maximum atomic E-state index is 11.3. The highest BCUT2D eigenvalue weighted by Gasteiger charge is 2.06. The number of benzene rings is 3. The summed E-state index contributed by atoms with van der Waals surface area (Å²) in [6.07, 6.45) is 0.726. The van der Waals surface area contributed by atoms with Crippen molar-refractivity contribution < 1.29 is 23.7 Å². The van der Waals surface area contributed by atoms with Crippen molar-refractivity contribution in [1.82, 2.24) is 0 Å². The van der Waals surface area contributed by atoms with Crippen LogP contribution in [0.2, 0.25) is 0 Å². The van der Waals surface area contributed by atoms with Gasteiger partial charge in [0, 0.05) is 0 Å². The van der Waals surface area contributed by atoms with Crippen LogP contribution in [0.3, 0.4) is 0 Å². The molecule has 0 aromatic heterocycles. The minimum atomic E-state index is 0.0517. The maximum Gasteiger partial charge on any atom is 0.189 e. The van der Waals surface area contributed by atoms with E-state index in [0.717, 1.165) is 17.4 Å². The van der Waals surface area contributed by atoms with E-state index in [-0.39, 0.29) is 13.6 Å². The largest absolute Gasteiger partial charge is 0.468 e. The molecule has 144 valence electrons. The van der Waals surface area contributed by atoms with Gasteiger partial charge >= 0.3 is 0 Å². The molecule has 3 aromatic carbocycles. The van der Waals surface area contributed by atoms with E-state index in [1.165, 1.54) is 0 Å². The molecule has 0 amide bonds. The van der Waals surface area contributed by atoms with Gasteiger partial charge in [0.2, 0.25) is 0 Å². The zero-order valence-corrected chi connectivity index (χ0v) is 15.5. The first kappa shape index (κ1) is 19.6. The lowest BCUT2D eigenvalue weighted by Crippen LogP contribution is -2.06.